The fraction of sp³-hybridized carbons (Fsp3) is 0.327. The smallest absolute Gasteiger partial charge is 0.376 e. The molecule has 1 amide bonds. The molecule has 3 aromatic carbocycles. The van der Waals surface area contributed by atoms with E-state index in [1.165, 1.54) is 40.1 Å². The first-order chi connectivity index (χ1) is 32.6. The number of aryl methyl sites for hydroxylation is 3. The zero-order valence-corrected chi connectivity index (χ0v) is 38.3. The van der Waals surface area contributed by atoms with E-state index >= 15 is 13.6 Å². The molecule has 1 saturated heterocycles. The van der Waals surface area contributed by atoms with Crippen LogP contribution in [-0.4, -0.2) is 71.5 Å². The van der Waals surface area contributed by atoms with Crippen LogP contribution in [0, 0.1) is 31.4 Å². The van der Waals surface area contributed by atoms with Gasteiger partial charge in [-0.05, 0) is 125 Å². The van der Waals surface area contributed by atoms with E-state index in [0.717, 1.165) is 29.3 Å². The molecule has 17 nitrogen and oxygen atoms in total. The second-order valence-corrected chi connectivity index (χ2v) is 19.2. The Morgan fingerprint density at radius 2 is 1.68 bits per heavy atom. The molecular weight excluding hydrogens is 875 g/mol. The van der Waals surface area contributed by atoms with Gasteiger partial charge in [0.05, 0.1) is 46.4 Å². The number of imidazole rings is 2. The highest BCUT2D eigenvalue weighted by Crippen LogP contribution is 2.56. The molecule has 346 valence electrons. The van der Waals surface area contributed by atoms with Crippen LogP contribution in [0.5, 0.6) is 0 Å². The molecule has 2 N–H and O–H groups in total. The number of benzene rings is 3. The number of aromatic nitrogens is 11. The SMILES string of the molecule is Cc1cc(-n2nc3c(c2-n2ccn(-c4ccc5c(cnn5C)c4F)c2=O)[C@H](C)N(C(=O)c2cc4cc([C@H]5CCOC(C)(C)C5)ccc4n2[C@@]2(c4noc(=O)[nH]4)C[C@@H]2C)c2[nH]cnc2-3)cc(C)c1F. The minimum absolute atomic E-state index is 0.00954. The fourth-order valence-corrected chi connectivity index (χ4v) is 11.1. The number of ether oxygens (including phenoxy) is 1. The summed E-state index contributed by atoms with van der Waals surface area (Å²) in [5.41, 5.74) is 3.28. The number of nitrogens with zero attached hydrogens (tertiary/aromatic N) is 10. The lowest BCUT2D eigenvalue weighted by molar-refractivity contribution is -0.0592. The van der Waals surface area contributed by atoms with Crippen molar-refractivity contribution in [3.63, 3.8) is 0 Å². The van der Waals surface area contributed by atoms with E-state index in [0.29, 0.717) is 69.6 Å². The Morgan fingerprint density at radius 1 is 0.926 bits per heavy atom. The third-order valence-electron chi connectivity index (χ3n) is 14.5. The van der Waals surface area contributed by atoms with Gasteiger partial charge in [0.15, 0.2) is 17.5 Å². The van der Waals surface area contributed by atoms with E-state index in [2.05, 4.69) is 46.2 Å². The lowest BCUT2D eigenvalue weighted by Crippen LogP contribution is -2.39. The third kappa shape index (κ3) is 5.90. The van der Waals surface area contributed by atoms with Crippen molar-refractivity contribution in [2.45, 2.75) is 83.9 Å². The Kier molecular flexibility index (Phi) is 8.85. The molecule has 6 aromatic heterocycles. The van der Waals surface area contributed by atoms with Gasteiger partial charge >= 0.3 is 11.4 Å². The number of halogens is 2. The van der Waals surface area contributed by atoms with Crippen LogP contribution in [0.25, 0.3) is 50.4 Å². The zero-order valence-electron chi connectivity index (χ0n) is 38.3. The van der Waals surface area contributed by atoms with Crippen molar-refractivity contribution in [1.29, 1.82) is 0 Å². The molecule has 0 bridgehead atoms. The highest BCUT2D eigenvalue weighted by atomic mass is 19.1. The highest BCUT2D eigenvalue weighted by molar-refractivity contribution is 6.10. The molecule has 0 spiro atoms. The number of anilines is 1. The van der Waals surface area contributed by atoms with Crippen molar-refractivity contribution >= 4 is 33.5 Å². The van der Waals surface area contributed by atoms with Gasteiger partial charge in [-0.25, -0.2) is 28.0 Å². The Hall–Kier alpha value is -7.67. The van der Waals surface area contributed by atoms with E-state index in [4.69, 9.17) is 19.3 Å². The molecule has 8 heterocycles. The largest absolute Gasteiger partial charge is 0.438 e. The maximum absolute atomic E-state index is 16.3. The summed E-state index contributed by atoms with van der Waals surface area (Å²) < 4.78 is 50.3. The predicted molar refractivity (Wildman–Crippen MR) is 247 cm³/mol. The molecule has 12 rings (SSSR count). The van der Waals surface area contributed by atoms with E-state index in [9.17, 15) is 9.59 Å². The molecule has 68 heavy (non-hydrogen) atoms. The van der Waals surface area contributed by atoms with Crippen LogP contribution in [0.15, 0.2) is 87.6 Å². The molecule has 19 heteroatoms. The number of nitrogens with one attached hydrogen (secondary N) is 2. The van der Waals surface area contributed by atoms with Crippen LogP contribution in [0.3, 0.4) is 0 Å². The molecule has 1 saturated carbocycles. The van der Waals surface area contributed by atoms with Crippen molar-refractivity contribution in [2.75, 3.05) is 11.5 Å². The second kappa shape index (κ2) is 14.4. The summed E-state index contributed by atoms with van der Waals surface area (Å²) in [7, 11) is 1.71. The number of carbonyl (C=O) groups is 1. The number of H-pyrrole nitrogens is 2. The van der Waals surface area contributed by atoms with Gasteiger partial charge in [-0.15, -0.1) is 0 Å². The standard InChI is InChI=1S/C49H46F2N12O5/c1-24-16-31(17-25(2)38(24)50)63-43(60-14-13-59(47(60)66)35-11-10-34-32(39(35)51)22-54-58(34)7)37-27(4)61(42-41(40(37)56-63)52-23-53-42)44(64)36-19-30-18-28(29-12-15-67-48(5,6)21-29)8-9-33(30)62(36)49(20-26(49)3)45-55-46(65)68-57-45/h8-11,13-14,16-19,22-23,26-27,29H,12,15,20-21H2,1-7H3,(H,52,53)(H,55,57,65)/t26-,27-,29-,49-/m0/s1. The lowest BCUT2D eigenvalue weighted by atomic mass is 9.83. The van der Waals surface area contributed by atoms with Crippen molar-refractivity contribution in [2.24, 2.45) is 13.0 Å². The summed E-state index contributed by atoms with van der Waals surface area (Å²) in [5.74, 6) is -1.02. The third-order valence-corrected chi connectivity index (χ3v) is 14.5. The topological polar surface area (TPSA) is 185 Å². The Bertz CT molecular complexity index is 3690. The van der Waals surface area contributed by atoms with Gasteiger partial charge < -0.3 is 14.3 Å². The monoisotopic (exact) mass is 920 g/mol. The summed E-state index contributed by atoms with van der Waals surface area (Å²) in [5, 5.41) is 14.6. The molecule has 0 unspecified atom stereocenters. The van der Waals surface area contributed by atoms with E-state index < -0.39 is 34.8 Å². The fourth-order valence-electron chi connectivity index (χ4n) is 11.1. The second-order valence-electron chi connectivity index (χ2n) is 19.2. The Balaban J connectivity index is 1.06. The summed E-state index contributed by atoms with van der Waals surface area (Å²) in [6.45, 7) is 12.0. The van der Waals surface area contributed by atoms with Crippen LogP contribution >= 0.6 is 0 Å². The van der Waals surface area contributed by atoms with Gasteiger partial charge in [0.25, 0.3) is 5.91 Å². The van der Waals surface area contributed by atoms with Crippen LogP contribution < -0.4 is 16.3 Å². The number of hydrogen-bond acceptors (Lipinski definition) is 9. The number of fused-ring (bicyclic) bond motifs is 5. The highest BCUT2D eigenvalue weighted by Gasteiger charge is 2.59. The van der Waals surface area contributed by atoms with E-state index in [1.807, 2.05) is 30.5 Å². The number of aromatic amines is 2. The molecule has 9 aromatic rings. The first-order valence-electron chi connectivity index (χ1n) is 22.6. The average Bonchev–Trinajstić information content (AvgIpc) is 4.06. The van der Waals surface area contributed by atoms with Gasteiger partial charge in [0.2, 0.25) is 0 Å². The van der Waals surface area contributed by atoms with E-state index in [-0.39, 0.29) is 40.1 Å². The van der Waals surface area contributed by atoms with E-state index in [1.54, 1.807) is 53.4 Å². The van der Waals surface area contributed by atoms with Gasteiger partial charge in [-0.2, -0.15) is 10.2 Å². The summed E-state index contributed by atoms with van der Waals surface area (Å²) in [6, 6.07) is 13.8. The quantitative estimate of drug-likeness (QED) is 0.161. The van der Waals surface area contributed by atoms with Gasteiger partial charge in [0, 0.05) is 42.5 Å². The molecule has 0 radical (unpaired) electrons. The summed E-state index contributed by atoms with van der Waals surface area (Å²) in [4.78, 5) is 55.7. The minimum atomic E-state index is -0.930. The molecular formula is C49H46F2N12O5. The van der Waals surface area contributed by atoms with Crippen molar-refractivity contribution in [1.82, 2.24) is 53.4 Å². The molecule has 2 aliphatic heterocycles. The Labute approximate surface area is 385 Å². The normalized spacial score (nSPS) is 20.9. The number of rotatable bonds is 7. The predicted octanol–water partition coefficient (Wildman–Crippen LogP) is 7.79. The number of amides is 1. The van der Waals surface area contributed by atoms with Crippen molar-refractivity contribution < 1.29 is 22.8 Å². The lowest BCUT2D eigenvalue weighted by Gasteiger charge is -2.35. The maximum atomic E-state index is 16.3. The molecule has 3 aliphatic rings. The van der Waals surface area contributed by atoms with Crippen LogP contribution in [0.1, 0.15) is 97.5 Å². The summed E-state index contributed by atoms with van der Waals surface area (Å²) in [6.07, 6.45) is 8.15. The van der Waals surface area contributed by atoms with Gasteiger partial charge in [0.1, 0.15) is 34.3 Å². The zero-order chi connectivity index (χ0) is 47.3. The molecule has 4 atom stereocenters. The maximum Gasteiger partial charge on any atom is 0.438 e. The van der Waals surface area contributed by atoms with Crippen LogP contribution in [0.4, 0.5) is 14.6 Å². The van der Waals surface area contributed by atoms with Crippen molar-refractivity contribution in [3.05, 3.63) is 140 Å². The minimum Gasteiger partial charge on any atom is -0.376 e. The van der Waals surface area contributed by atoms with Gasteiger partial charge in [-0.1, -0.05) is 18.1 Å². The molecule has 2 fully saturated rings. The van der Waals surface area contributed by atoms with Crippen LogP contribution in [-0.2, 0) is 17.3 Å². The molecule has 1 aliphatic carbocycles. The summed E-state index contributed by atoms with van der Waals surface area (Å²) >= 11 is 0. The van der Waals surface area contributed by atoms with Crippen molar-refractivity contribution in [3.8, 4) is 28.6 Å². The number of hydrogen-bond donors (Lipinski definition) is 2. The number of carbonyl (C=O) groups excluding carboxylic acids is 1. The Morgan fingerprint density at radius 3 is 2.40 bits per heavy atom. The van der Waals surface area contributed by atoms with Crippen LogP contribution in [0.2, 0.25) is 0 Å². The average molecular weight is 921 g/mol. The first-order valence-corrected chi connectivity index (χ1v) is 22.6. The van der Waals surface area contributed by atoms with Gasteiger partial charge in [-0.3, -0.25) is 33.0 Å². The first kappa shape index (κ1) is 41.7.